The van der Waals surface area contributed by atoms with Gasteiger partial charge in [-0.25, -0.2) is 0 Å². The molecule has 2 aromatic rings. The summed E-state index contributed by atoms with van der Waals surface area (Å²) in [7, 11) is 1.45. The minimum absolute atomic E-state index is 0.202. The quantitative estimate of drug-likeness (QED) is 0.784. The molecule has 2 heterocycles. The van der Waals surface area contributed by atoms with Crippen LogP contribution in [0.25, 0.3) is 11.1 Å². The van der Waals surface area contributed by atoms with Crippen LogP contribution in [-0.4, -0.2) is 24.3 Å². The topological polar surface area (TPSA) is 35.5 Å². The molecule has 0 aromatic heterocycles. The van der Waals surface area contributed by atoms with E-state index in [0.29, 0.717) is 6.42 Å². The largest absolute Gasteiger partial charge is 0.469 e. The fraction of sp³-hybridized carbons (Fsp3) is 0.318. The van der Waals surface area contributed by atoms with Gasteiger partial charge in [0.15, 0.2) is 0 Å². The van der Waals surface area contributed by atoms with Crippen LogP contribution in [0.4, 0.5) is 0 Å². The van der Waals surface area contributed by atoms with Gasteiger partial charge in [0, 0.05) is 0 Å². The zero-order valence-corrected chi connectivity index (χ0v) is 14.8. The van der Waals surface area contributed by atoms with Crippen LogP contribution in [0.1, 0.15) is 31.4 Å². The molecule has 2 aliphatic rings. The Hall–Kier alpha value is -2.39. The maximum Gasteiger partial charge on any atom is 0.312 e. The molecule has 0 radical (unpaired) electrons. The van der Waals surface area contributed by atoms with Gasteiger partial charge < -0.3 is 9.47 Å². The van der Waals surface area contributed by atoms with E-state index in [1.807, 2.05) is 43.3 Å². The van der Waals surface area contributed by atoms with Crippen molar-refractivity contribution in [2.75, 3.05) is 7.11 Å². The molecule has 3 atom stereocenters. The third-order valence-corrected chi connectivity index (χ3v) is 5.58. The van der Waals surface area contributed by atoms with Crippen molar-refractivity contribution >= 4 is 17.1 Å². The molecule has 2 aliphatic heterocycles. The van der Waals surface area contributed by atoms with Gasteiger partial charge in [0.05, 0.1) is 18.6 Å². The van der Waals surface area contributed by atoms with Crippen LogP contribution in [0.2, 0.25) is 0 Å². The predicted octanol–water partition coefficient (Wildman–Crippen LogP) is 4.34. The molecule has 0 amide bonds. The fourth-order valence-corrected chi connectivity index (χ4v) is 4.60. The number of benzene rings is 2. The van der Waals surface area contributed by atoms with Crippen LogP contribution in [0.3, 0.4) is 0 Å². The SMILES string of the molecule is COC(=O)C1C[C@@]2(C)O[C@]1(C)C(c1ccccc1)=C2c1ccccc1. The lowest BCUT2D eigenvalue weighted by molar-refractivity contribution is -0.148. The zero-order chi connectivity index (χ0) is 17.7. The van der Waals surface area contributed by atoms with Crippen LogP contribution in [-0.2, 0) is 14.3 Å². The molecule has 1 unspecified atom stereocenters. The average Bonchev–Trinajstić information content (AvgIpc) is 3.05. The van der Waals surface area contributed by atoms with Crippen LogP contribution < -0.4 is 0 Å². The first kappa shape index (κ1) is 16.1. The fourth-order valence-electron chi connectivity index (χ4n) is 4.60. The average molecular weight is 334 g/mol. The van der Waals surface area contributed by atoms with Crippen molar-refractivity contribution < 1.29 is 14.3 Å². The van der Waals surface area contributed by atoms with E-state index in [-0.39, 0.29) is 11.9 Å². The number of esters is 1. The third-order valence-electron chi connectivity index (χ3n) is 5.58. The van der Waals surface area contributed by atoms with Gasteiger partial charge in [0.2, 0.25) is 0 Å². The number of hydrogen-bond donors (Lipinski definition) is 0. The highest BCUT2D eigenvalue weighted by atomic mass is 16.6. The first-order chi connectivity index (χ1) is 12.0. The molecule has 1 fully saturated rings. The number of methoxy groups -OCH3 is 1. The van der Waals surface area contributed by atoms with Crippen molar-refractivity contribution in [2.24, 2.45) is 5.92 Å². The monoisotopic (exact) mass is 334 g/mol. The summed E-state index contributed by atoms with van der Waals surface area (Å²) in [6, 6.07) is 20.6. The van der Waals surface area contributed by atoms with E-state index >= 15 is 0 Å². The van der Waals surface area contributed by atoms with Gasteiger partial charge in [-0.1, -0.05) is 60.7 Å². The Morgan fingerprint density at radius 2 is 1.48 bits per heavy atom. The van der Waals surface area contributed by atoms with Crippen molar-refractivity contribution in [3.8, 4) is 0 Å². The summed E-state index contributed by atoms with van der Waals surface area (Å²) < 4.78 is 11.6. The minimum Gasteiger partial charge on any atom is -0.469 e. The second-order valence-corrected chi connectivity index (χ2v) is 7.20. The molecule has 0 aliphatic carbocycles. The molecule has 2 bridgehead atoms. The Morgan fingerprint density at radius 3 is 2.00 bits per heavy atom. The Balaban J connectivity index is 1.99. The minimum atomic E-state index is -0.686. The van der Waals surface area contributed by atoms with Gasteiger partial charge in [-0.3, -0.25) is 4.79 Å². The van der Waals surface area contributed by atoms with E-state index < -0.39 is 11.2 Å². The first-order valence-electron chi connectivity index (χ1n) is 8.64. The second kappa shape index (κ2) is 5.57. The van der Waals surface area contributed by atoms with Crippen molar-refractivity contribution in [1.82, 2.24) is 0 Å². The zero-order valence-electron chi connectivity index (χ0n) is 14.8. The van der Waals surface area contributed by atoms with E-state index in [1.54, 1.807) is 0 Å². The van der Waals surface area contributed by atoms with Gasteiger partial charge in [-0.05, 0) is 42.5 Å². The van der Waals surface area contributed by atoms with Crippen molar-refractivity contribution in [1.29, 1.82) is 0 Å². The van der Waals surface area contributed by atoms with E-state index in [9.17, 15) is 4.79 Å². The maximum absolute atomic E-state index is 12.4. The summed E-state index contributed by atoms with van der Waals surface area (Å²) in [4.78, 5) is 12.4. The molecule has 0 saturated carbocycles. The smallest absolute Gasteiger partial charge is 0.312 e. The summed E-state index contributed by atoms with van der Waals surface area (Å²) in [5, 5.41) is 0. The number of carbonyl (C=O) groups excluding carboxylic acids is 1. The number of ether oxygens (including phenoxy) is 2. The summed E-state index contributed by atoms with van der Waals surface area (Å²) in [5.41, 5.74) is 3.34. The lowest BCUT2D eigenvalue weighted by Gasteiger charge is -2.32. The molecule has 3 heteroatoms. The van der Waals surface area contributed by atoms with E-state index in [4.69, 9.17) is 9.47 Å². The van der Waals surface area contributed by atoms with E-state index in [0.717, 1.165) is 16.7 Å². The van der Waals surface area contributed by atoms with Gasteiger partial charge in [0.25, 0.3) is 0 Å². The highest BCUT2D eigenvalue weighted by molar-refractivity contribution is 6.03. The normalized spacial score (nSPS) is 30.6. The second-order valence-electron chi connectivity index (χ2n) is 7.20. The third kappa shape index (κ3) is 2.26. The van der Waals surface area contributed by atoms with Gasteiger partial charge in [-0.15, -0.1) is 0 Å². The predicted molar refractivity (Wildman–Crippen MR) is 97.7 cm³/mol. The summed E-state index contributed by atoms with van der Waals surface area (Å²) in [6.07, 6.45) is 0.636. The molecular weight excluding hydrogens is 312 g/mol. The van der Waals surface area contributed by atoms with Crippen LogP contribution in [0, 0.1) is 5.92 Å². The summed E-state index contributed by atoms with van der Waals surface area (Å²) in [5.74, 6) is -0.503. The summed E-state index contributed by atoms with van der Waals surface area (Å²) >= 11 is 0. The van der Waals surface area contributed by atoms with Crippen molar-refractivity contribution in [3.63, 3.8) is 0 Å². The summed E-state index contributed by atoms with van der Waals surface area (Å²) in [6.45, 7) is 4.12. The number of fused-ring (bicyclic) bond motifs is 2. The maximum atomic E-state index is 12.4. The highest BCUT2D eigenvalue weighted by Crippen LogP contribution is 2.62. The Labute approximate surface area is 148 Å². The Morgan fingerprint density at radius 1 is 0.960 bits per heavy atom. The lowest BCUT2D eigenvalue weighted by Crippen LogP contribution is -2.38. The molecule has 0 N–H and O–H groups in total. The molecule has 3 nitrogen and oxygen atoms in total. The van der Waals surface area contributed by atoms with Crippen molar-refractivity contribution in [2.45, 2.75) is 31.5 Å². The Kier molecular flexibility index (Phi) is 3.58. The van der Waals surface area contributed by atoms with Crippen LogP contribution in [0.15, 0.2) is 60.7 Å². The number of hydrogen-bond acceptors (Lipinski definition) is 3. The standard InChI is InChI=1S/C22H22O3/c1-21-14-17(20(23)24-3)22(2,25-21)19(16-12-8-5-9-13-16)18(21)15-10-6-4-7-11-15/h4-13,17H,14H2,1-3H3/t17?,21-,22+/m1/s1. The molecule has 0 spiro atoms. The van der Waals surface area contributed by atoms with Gasteiger partial charge in [0.1, 0.15) is 5.60 Å². The van der Waals surface area contributed by atoms with Crippen LogP contribution >= 0.6 is 0 Å². The van der Waals surface area contributed by atoms with Gasteiger partial charge in [-0.2, -0.15) is 0 Å². The van der Waals surface area contributed by atoms with Gasteiger partial charge >= 0.3 is 5.97 Å². The number of rotatable bonds is 3. The van der Waals surface area contributed by atoms with E-state index in [2.05, 4.69) is 31.2 Å². The van der Waals surface area contributed by atoms with E-state index in [1.165, 1.54) is 12.7 Å². The number of carbonyl (C=O) groups is 1. The molecule has 2 aromatic carbocycles. The molecule has 4 rings (SSSR count). The molecule has 1 saturated heterocycles. The highest BCUT2D eigenvalue weighted by Gasteiger charge is 2.64. The molecule has 128 valence electrons. The van der Waals surface area contributed by atoms with Crippen LogP contribution in [0.5, 0.6) is 0 Å². The molecular formula is C22H22O3. The van der Waals surface area contributed by atoms with Crippen molar-refractivity contribution in [3.05, 3.63) is 71.8 Å². The Bertz CT molecular complexity index is 840. The molecule has 25 heavy (non-hydrogen) atoms. The lowest BCUT2D eigenvalue weighted by atomic mass is 9.68. The first-order valence-corrected chi connectivity index (χ1v) is 8.64.